The smallest absolute Gasteiger partial charge is 0.0863 e. The van der Waals surface area contributed by atoms with Crippen molar-refractivity contribution >= 4 is 32.9 Å². The summed E-state index contributed by atoms with van der Waals surface area (Å²) in [5.74, 6) is -0.0843. The zero-order valence-electron chi connectivity index (χ0n) is 12.3. The number of hydrogen-bond acceptors (Lipinski definition) is 3. The van der Waals surface area contributed by atoms with E-state index in [0.29, 0.717) is 11.1 Å². The van der Waals surface area contributed by atoms with Gasteiger partial charge < -0.3 is 5.11 Å². The maximum atomic E-state index is 12.8. The molecule has 0 aliphatic heterocycles. The third kappa shape index (κ3) is 2.32. The van der Waals surface area contributed by atoms with E-state index in [1.54, 1.807) is 0 Å². The van der Waals surface area contributed by atoms with Crippen LogP contribution < -0.4 is 5.11 Å². The SMILES string of the molecule is [O-]c1c(N=Nc2ccccc2)c2ccccc2c2ccccc12. The van der Waals surface area contributed by atoms with Crippen molar-refractivity contribution in [3.8, 4) is 5.75 Å². The molecule has 0 aliphatic rings. The summed E-state index contributed by atoms with van der Waals surface area (Å²) in [6.45, 7) is 0. The molecule has 0 fully saturated rings. The zero-order chi connectivity index (χ0) is 15.6. The van der Waals surface area contributed by atoms with Crippen molar-refractivity contribution in [2.45, 2.75) is 0 Å². The predicted octanol–water partition coefficient (Wildman–Crippen LogP) is 5.48. The van der Waals surface area contributed by atoms with Crippen LogP contribution in [0.1, 0.15) is 0 Å². The molecule has 0 saturated heterocycles. The second-order valence-corrected chi connectivity index (χ2v) is 5.30. The lowest BCUT2D eigenvalue weighted by molar-refractivity contribution is -0.264. The minimum absolute atomic E-state index is 0.0843. The first-order valence-corrected chi connectivity index (χ1v) is 7.42. The lowest BCUT2D eigenvalue weighted by Gasteiger charge is -2.17. The second kappa shape index (κ2) is 5.54. The van der Waals surface area contributed by atoms with Crippen molar-refractivity contribution in [3.05, 3.63) is 78.9 Å². The summed E-state index contributed by atoms with van der Waals surface area (Å²) >= 11 is 0. The summed E-state index contributed by atoms with van der Waals surface area (Å²) < 4.78 is 0. The van der Waals surface area contributed by atoms with E-state index >= 15 is 0 Å². The van der Waals surface area contributed by atoms with Crippen LogP contribution in [0.15, 0.2) is 89.1 Å². The fourth-order valence-electron chi connectivity index (χ4n) is 2.79. The maximum Gasteiger partial charge on any atom is 0.0863 e. The Labute approximate surface area is 133 Å². The molecule has 0 spiro atoms. The second-order valence-electron chi connectivity index (χ2n) is 5.30. The highest BCUT2D eigenvalue weighted by molar-refractivity contribution is 6.15. The molecule has 23 heavy (non-hydrogen) atoms. The number of azo groups is 1. The Morgan fingerprint density at radius 1 is 0.522 bits per heavy atom. The van der Waals surface area contributed by atoms with Crippen LogP contribution in [0.3, 0.4) is 0 Å². The van der Waals surface area contributed by atoms with E-state index in [9.17, 15) is 5.11 Å². The van der Waals surface area contributed by atoms with Gasteiger partial charge in [0.05, 0.1) is 11.4 Å². The van der Waals surface area contributed by atoms with Crippen LogP contribution in [0.25, 0.3) is 21.5 Å². The van der Waals surface area contributed by atoms with Crippen LogP contribution in [-0.2, 0) is 0 Å². The van der Waals surface area contributed by atoms with Gasteiger partial charge in [0.2, 0.25) is 0 Å². The van der Waals surface area contributed by atoms with Crippen LogP contribution in [0.5, 0.6) is 5.75 Å². The number of nitrogens with zero attached hydrogens (tertiary/aromatic N) is 2. The highest BCUT2D eigenvalue weighted by Gasteiger charge is 2.07. The topological polar surface area (TPSA) is 47.8 Å². The number of hydrogen-bond donors (Lipinski definition) is 0. The van der Waals surface area contributed by atoms with Crippen molar-refractivity contribution in [1.29, 1.82) is 0 Å². The van der Waals surface area contributed by atoms with Gasteiger partial charge in [0.1, 0.15) is 0 Å². The summed E-state index contributed by atoms with van der Waals surface area (Å²) in [6.07, 6.45) is 0. The molecule has 4 aromatic carbocycles. The molecule has 0 heterocycles. The normalized spacial score (nSPS) is 11.5. The fourth-order valence-corrected chi connectivity index (χ4v) is 2.79. The number of rotatable bonds is 2. The Morgan fingerprint density at radius 3 is 1.74 bits per heavy atom. The summed E-state index contributed by atoms with van der Waals surface area (Å²) in [6, 6.07) is 24.9. The van der Waals surface area contributed by atoms with Gasteiger partial charge in [-0.25, -0.2) is 0 Å². The molecular formula is C20H13N2O-. The third-order valence-corrected chi connectivity index (χ3v) is 3.88. The highest BCUT2D eigenvalue weighted by Crippen LogP contribution is 2.41. The average Bonchev–Trinajstić information content (AvgIpc) is 2.63. The number of benzene rings is 4. The van der Waals surface area contributed by atoms with E-state index in [2.05, 4.69) is 10.2 Å². The summed E-state index contributed by atoms with van der Waals surface area (Å²) in [4.78, 5) is 0. The monoisotopic (exact) mass is 297 g/mol. The van der Waals surface area contributed by atoms with Crippen molar-refractivity contribution in [2.24, 2.45) is 10.2 Å². The molecular weight excluding hydrogens is 284 g/mol. The lowest BCUT2D eigenvalue weighted by atomic mass is 9.99. The molecule has 0 bridgehead atoms. The first-order valence-electron chi connectivity index (χ1n) is 7.42. The Hall–Kier alpha value is -3.20. The van der Waals surface area contributed by atoms with Gasteiger partial charge >= 0.3 is 0 Å². The number of fused-ring (bicyclic) bond motifs is 3. The predicted molar refractivity (Wildman–Crippen MR) is 91.5 cm³/mol. The molecule has 3 heteroatoms. The first-order chi connectivity index (χ1) is 11.3. The van der Waals surface area contributed by atoms with Crippen molar-refractivity contribution < 1.29 is 5.11 Å². The van der Waals surface area contributed by atoms with Gasteiger partial charge in [0, 0.05) is 5.39 Å². The van der Waals surface area contributed by atoms with Crippen molar-refractivity contribution in [1.82, 2.24) is 0 Å². The van der Waals surface area contributed by atoms with E-state index in [-0.39, 0.29) is 5.75 Å². The van der Waals surface area contributed by atoms with Gasteiger partial charge in [-0.2, -0.15) is 10.2 Å². The van der Waals surface area contributed by atoms with Gasteiger partial charge in [-0.05, 0) is 28.3 Å². The Morgan fingerprint density at radius 2 is 1.04 bits per heavy atom. The minimum Gasteiger partial charge on any atom is -0.871 e. The van der Waals surface area contributed by atoms with E-state index in [4.69, 9.17) is 0 Å². The molecule has 4 rings (SSSR count). The van der Waals surface area contributed by atoms with Gasteiger partial charge in [0.15, 0.2) is 0 Å². The zero-order valence-corrected chi connectivity index (χ0v) is 12.3. The van der Waals surface area contributed by atoms with Crippen LogP contribution in [0.4, 0.5) is 11.4 Å². The Kier molecular flexibility index (Phi) is 3.24. The highest BCUT2D eigenvalue weighted by atomic mass is 16.3. The standard InChI is InChI=1S/C20H14N2O/c23-20-18-13-7-5-11-16(18)15-10-4-6-12-17(15)19(20)22-21-14-8-2-1-3-9-14/h1-13,23H/p-1. The van der Waals surface area contributed by atoms with Crippen LogP contribution in [0, 0.1) is 0 Å². The molecule has 0 unspecified atom stereocenters. The molecule has 0 saturated carbocycles. The van der Waals surface area contributed by atoms with Gasteiger partial charge in [0.25, 0.3) is 0 Å². The molecule has 0 atom stereocenters. The van der Waals surface area contributed by atoms with Gasteiger partial charge in [-0.1, -0.05) is 72.5 Å². The van der Waals surface area contributed by atoms with Crippen LogP contribution in [-0.4, -0.2) is 0 Å². The molecule has 0 radical (unpaired) electrons. The maximum absolute atomic E-state index is 12.8. The summed E-state index contributed by atoms with van der Waals surface area (Å²) in [5.41, 5.74) is 1.12. The molecule has 0 N–H and O–H groups in total. The van der Waals surface area contributed by atoms with Crippen LogP contribution in [0.2, 0.25) is 0 Å². The average molecular weight is 297 g/mol. The van der Waals surface area contributed by atoms with E-state index in [0.717, 1.165) is 21.8 Å². The van der Waals surface area contributed by atoms with Crippen molar-refractivity contribution in [3.63, 3.8) is 0 Å². The lowest BCUT2D eigenvalue weighted by Crippen LogP contribution is -1.93. The Bertz CT molecular complexity index is 1020. The van der Waals surface area contributed by atoms with E-state index < -0.39 is 0 Å². The van der Waals surface area contributed by atoms with Gasteiger partial charge in [-0.3, -0.25) is 0 Å². The van der Waals surface area contributed by atoms with E-state index in [1.807, 2.05) is 78.9 Å². The largest absolute Gasteiger partial charge is 0.871 e. The Balaban J connectivity index is 2.01. The van der Waals surface area contributed by atoms with E-state index in [1.165, 1.54) is 0 Å². The molecule has 0 amide bonds. The molecule has 0 aromatic heterocycles. The molecule has 3 nitrogen and oxygen atoms in total. The summed E-state index contributed by atoms with van der Waals surface area (Å²) in [5, 5.41) is 24.8. The molecule has 4 aromatic rings. The van der Waals surface area contributed by atoms with Crippen molar-refractivity contribution in [2.75, 3.05) is 0 Å². The summed E-state index contributed by atoms with van der Waals surface area (Å²) in [7, 11) is 0. The molecule has 0 aliphatic carbocycles. The third-order valence-electron chi connectivity index (χ3n) is 3.88. The quantitative estimate of drug-likeness (QED) is 0.357. The minimum atomic E-state index is -0.0843. The molecule has 110 valence electrons. The van der Waals surface area contributed by atoms with Crippen LogP contribution >= 0.6 is 0 Å². The van der Waals surface area contributed by atoms with Gasteiger partial charge in [-0.15, -0.1) is 0 Å². The first kappa shape index (κ1) is 13.5. The fraction of sp³-hybridized carbons (Fsp3) is 0.